The average Bonchev–Trinajstić information content (AvgIpc) is 2.92. The minimum atomic E-state index is -2.13. The van der Waals surface area contributed by atoms with Gasteiger partial charge < -0.3 is 9.53 Å². The van der Waals surface area contributed by atoms with E-state index in [1.807, 2.05) is 20.0 Å². The van der Waals surface area contributed by atoms with Crippen molar-refractivity contribution in [3.63, 3.8) is 0 Å². The van der Waals surface area contributed by atoms with E-state index in [9.17, 15) is 9.59 Å². The molecule has 1 fully saturated rings. The summed E-state index contributed by atoms with van der Waals surface area (Å²) in [4.78, 5) is 21.6. The van der Waals surface area contributed by atoms with Crippen LogP contribution in [0.5, 0.6) is 0 Å². The molecule has 0 bridgehead atoms. The third-order valence-corrected chi connectivity index (χ3v) is 7.53. The lowest BCUT2D eigenvalue weighted by atomic mass is 10.0. The van der Waals surface area contributed by atoms with E-state index in [0.717, 1.165) is 12.8 Å². The first kappa shape index (κ1) is 14.7. The van der Waals surface area contributed by atoms with Gasteiger partial charge in [0, 0.05) is 6.04 Å². The normalized spacial score (nSPS) is 24.6. The number of hydrogen-bond acceptors (Lipinski definition) is 4. The molecule has 1 rings (SSSR count). The quantitative estimate of drug-likeness (QED) is 0.432. The van der Waals surface area contributed by atoms with E-state index in [1.54, 1.807) is 0 Å². The summed E-state index contributed by atoms with van der Waals surface area (Å²) in [7, 11) is -2.13. The summed E-state index contributed by atoms with van der Waals surface area (Å²) in [6.07, 6.45) is 1.86. The van der Waals surface area contributed by atoms with Crippen molar-refractivity contribution in [1.29, 1.82) is 0 Å². The van der Waals surface area contributed by atoms with Gasteiger partial charge in [0.1, 0.15) is 6.04 Å². The lowest BCUT2D eigenvalue weighted by Crippen LogP contribution is -2.39. The first-order chi connectivity index (χ1) is 7.69. The Labute approximate surface area is 105 Å². The monoisotopic (exact) mass is 259 g/mol. The van der Waals surface area contributed by atoms with Crippen molar-refractivity contribution < 1.29 is 14.3 Å². The summed E-state index contributed by atoms with van der Waals surface area (Å²) < 4.78 is 4.95. The summed E-state index contributed by atoms with van der Waals surface area (Å²) in [5.41, 5.74) is 0. The largest absolute Gasteiger partial charge is 0.465 e. The molecule has 4 nitrogen and oxygen atoms in total. The van der Waals surface area contributed by atoms with Crippen LogP contribution in [0.2, 0.25) is 18.1 Å². The molecule has 0 aromatic heterocycles. The van der Waals surface area contributed by atoms with Crippen molar-refractivity contribution in [2.75, 3.05) is 6.61 Å². The fraction of sp³-hybridized carbons (Fsp3) is 0.917. The number of ether oxygens (including phenoxy) is 1. The van der Waals surface area contributed by atoms with E-state index >= 15 is 0 Å². The number of rotatable bonds is 6. The predicted molar refractivity (Wildman–Crippen MR) is 70.3 cm³/mol. The van der Waals surface area contributed by atoms with Gasteiger partial charge in [-0.05, 0) is 37.9 Å². The molecule has 2 unspecified atom stereocenters. The molecule has 0 aliphatic carbocycles. The molecule has 0 aromatic carbocycles. The smallest absolute Gasteiger partial charge is 0.324 e. The van der Waals surface area contributed by atoms with Gasteiger partial charge in [0.15, 0.2) is 8.32 Å². The topological polar surface area (TPSA) is 68.5 Å². The lowest BCUT2D eigenvalue weighted by molar-refractivity contribution is -0.142. The maximum Gasteiger partial charge on any atom is 0.324 e. The molecule has 2 N–H and O–H groups in total. The number of hydrogen-bond donors (Lipinski definition) is 2. The van der Waals surface area contributed by atoms with Crippen LogP contribution in [0.4, 0.5) is 0 Å². The zero-order valence-corrected chi connectivity index (χ0v) is 12.5. The number of carbonyl (C=O) groups excluding carboxylic acids is 1. The van der Waals surface area contributed by atoms with E-state index < -0.39 is 8.32 Å². The Bertz CT molecular complexity index is 286. The van der Waals surface area contributed by atoms with Crippen LogP contribution in [-0.4, -0.2) is 37.8 Å². The SMILES string of the molecule is CCOC(=O)C1NC1CCC(C)(C)[Si](C)(C)O. The first-order valence-corrected chi connectivity index (χ1v) is 9.29. The molecular weight excluding hydrogens is 234 g/mol. The zero-order chi connectivity index (χ0) is 13.3. The lowest BCUT2D eigenvalue weighted by Gasteiger charge is -2.35. The predicted octanol–water partition coefficient (Wildman–Crippen LogP) is 1.65. The molecule has 0 spiro atoms. The highest BCUT2D eigenvalue weighted by molar-refractivity contribution is 6.72. The van der Waals surface area contributed by atoms with Crippen LogP contribution in [-0.2, 0) is 9.53 Å². The Morgan fingerprint density at radius 1 is 1.47 bits per heavy atom. The maximum absolute atomic E-state index is 11.4. The van der Waals surface area contributed by atoms with Crippen molar-refractivity contribution in [1.82, 2.24) is 5.32 Å². The summed E-state index contributed by atoms with van der Waals surface area (Å²) in [6.45, 7) is 10.4. The minimum absolute atomic E-state index is 0.0174. The standard InChI is InChI=1S/C12H25NO3Si/c1-6-16-11(14)10-9(13-10)7-8-12(2,3)17(4,5)15/h9-10,13,15H,6-8H2,1-5H3. The van der Waals surface area contributed by atoms with E-state index in [2.05, 4.69) is 19.2 Å². The highest BCUT2D eigenvalue weighted by atomic mass is 28.4. The Morgan fingerprint density at radius 3 is 2.53 bits per heavy atom. The first-order valence-electron chi connectivity index (χ1n) is 6.34. The van der Waals surface area contributed by atoms with Crippen molar-refractivity contribution >= 4 is 14.3 Å². The fourth-order valence-corrected chi connectivity index (χ4v) is 2.47. The average molecular weight is 259 g/mol. The second-order valence-corrected chi connectivity index (χ2v) is 10.5. The molecule has 0 radical (unpaired) electrons. The van der Waals surface area contributed by atoms with Crippen LogP contribution in [0.1, 0.15) is 33.6 Å². The third kappa shape index (κ3) is 3.79. The van der Waals surface area contributed by atoms with Gasteiger partial charge >= 0.3 is 5.97 Å². The third-order valence-electron chi connectivity index (χ3n) is 3.96. The summed E-state index contributed by atoms with van der Waals surface area (Å²) in [5, 5.41) is 3.12. The van der Waals surface area contributed by atoms with Gasteiger partial charge in [-0.15, -0.1) is 0 Å². The molecule has 100 valence electrons. The van der Waals surface area contributed by atoms with Gasteiger partial charge in [-0.25, -0.2) is 0 Å². The van der Waals surface area contributed by atoms with Gasteiger partial charge in [0.05, 0.1) is 6.61 Å². The molecule has 17 heavy (non-hydrogen) atoms. The molecular formula is C12H25NO3Si. The minimum Gasteiger partial charge on any atom is -0.465 e. The van der Waals surface area contributed by atoms with Gasteiger partial charge in [0.25, 0.3) is 0 Å². The van der Waals surface area contributed by atoms with Gasteiger partial charge in [-0.3, -0.25) is 10.1 Å². The van der Waals surface area contributed by atoms with Crippen LogP contribution < -0.4 is 5.32 Å². The Balaban J connectivity index is 2.33. The Morgan fingerprint density at radius 2 is 2.06 bits per heavy atom. The van der Waals surface area contributed by atoms with Crippen LogP contribution in [0, 0.1) is 0 Å². The van der Waals surface area contributed by atoms with Gasteiger partial charge in [-0.1, -0.05) is 13.8 Å². The molecule has 0 saturated carbocycles. The highest BCUT2D eigenvalue weighted by Crippen LogP contribution is 2.41. The van der Waals surface area contributed by atoms with E-state index in [0.29, 0.717) is 6.61 Å². The van der Waals surface area contributed by atoms with Crippen molar-refractivity contribution in [3.05, 3.63) is 0 Å². The van der Waals surface area contributed by atoms with Crippen LogP contribution in [0.3, 0.4) is 0 Å². The second-order valence-electron chi connectivity index (χ2n) is 5.98. The molecule has 1 aliphatic rings. The maximum atomic E-state index is 11.4. The number of esters is 1. The molecule has 0 amide bonds. The second kappa shape index (κ2) is 5.08. The van der Waals surface area contributed by atoms with Gasteiger partial charge in [-0.2, -0.15) is 0 Å². The molecule has 5 heteroatoms. The highest BCUT2D eigenvalue weighted by Gasteiger charge is 2.45. The molecule has 2 atom stereocenters. The van der Waals surface area contributed by atoms with E-state index in [-0.39, 0.29) is 23.1 Å². The van der Waals surface area contributed by atoms with Gasteiger partial charge in [0.2, 0.25) is 0 Å². The zero-order valence-electron chi connectivity index (χ0n) is 11.5. The Hall–Kier alpha value is -0.393. The number of nitrogens with one attached hydrogen (secondary N) is 1. The van der Waals surface area contributed by atoms with E-state index in [4.69, 9.17) is 4.74 Å². The molecule has 1 heterocycles. The molecule has 0 aromatic rings. The molecule has 1 saturated heterocycles. The van der Waals surface area contributed by atoms with Crippen LogP contribution >= 0.6 is 0 Å². The fourth-order valence-electron chi connectivity index (χ4n) is 1.71. The van der Waals surface area contributed by atoms with E-state index in [1.165, 1.54) is 0 Å². The van der Waals surface area contributed by atoms with Crippen LogP contribution in [0.15, 0.2) is 0 Å². The summed E-state index contributed by atoms with van der Waals surface area (Å²) >= 11 is 0. The summed E-state index contributed by atoms with van der Waals surface area (Å²) in [5.74, 6) is -0.143. The molecule has 1 aliphatic heterocycles. The van der Waals surface area contributed by atoms with Crippen LogP contribution in [0.25, 0.3) is 0 Å². The van der Waals surface area contributed by atoms with Crippen molar-refractivity contribution in [3.8, 4) is 0 Å². The number of carbonyl (C=O) groups is 1. The Kier molecular flexibility index (Phi) is 4.38. The van der Waals surface area contributed by atoms with Crippen molar-refractivity contribution in [2.45, 2.75) is 63.8 Å². The summed E-state index contributed by atoms with van der Waals surface area (Å²) in [6, 6.07) is 0.124. The van der Waals surface area contributed by atoms with Crippen molar-refractivity contribution in [2.24, 2.45) is 0 Å².